The summed E-state index contributed by atoms with van der Waals surface area (Å²) in [5.41, 5.74) is 5.12. The Kier molecular flexibility index (Phi) is 23.6. The molecule has 25 heteroatoms. The molecule has 0 spiro atoms. The van der Waals surface area contributed by atoms with Crippen LogP contribution in [0, 0.1) is 0 Å². The van der Waals surface area contributed by atoms with Crippen LogP contribution in [-0.4, -0.2) is 258 Å². The second kappa shape index (κ2) is 27.4. The number of amides is 1. The van der Waals surface area contributed by atoms with Gasteiger partial charge in [0.15, 0.2) is 18.9 Å². The molecule has 15 N–H and O–H groups in total. The van der Waals surface area contributed by atoms with Crippen LogP contribution in [0.1, 0.15) is 65.2 Å². The van der Waals surface area contributed by atoms with Crippen LogP contribution in [0.15, 0.2) is 0 Å². The summed E-state index contributed by atoms with van der Waals surface area (Å²) in [6, 6.07) is 0. The van der Waals surface area contributed by atoms with Crippen molar-refractivity contribution in [1.82, 2.24) is 15.8 Å². The number of Topliss-reactive ketones (excluding diaryl/α,β-unsaturated/α-hetero) is 1. The summed E-state index contributed by atoms with van der Waals surface area (Å²) < 4.78 is 39.9. The van der Waals surface area contributed by atoms with Crippen LogP contribution >= 0.6 is 0 Å². The SMILES string of the molecule is CCC(=O)CNNC(=O)CCCCCN(CCCC[C@@H]1O[C@@H](C)[C@@H](O)[C@@H](O)[C@@H]1O)CCO[C@H]1O[C@H](CO[C@H]2O[C@H](CO)[C@@H](O)[C@H](O)[C@@H]2O)[C@@H](O)[C@H](O[C@H]2O[C@H](CO)[C@@H](O)[C@H](O)[C@@H]2O)[C@@H]1O. The number of ether oxygens (including phenoxy) is 7. The standard InChI is InChI=1S/C40H73N3O22/c1-3-20(46)15-41-42-25(47)10-5-4-7-11-43(12-8-6-9-21-27(49)31(53)26(48)19(2)61-21)13-14-59-39-36(58)37(65-40-35(57)33(55)29(51)23(17-45)63-40)30(52)24(64-39)18-60-38-34(56)32(54)28(50)22(16-44)62-38/h19,21-24,26-41,44-45,48-58H,3-18H2,1-2H3,(H,42,47)/t19-,21-,22+,23+,24+,26+,27+,28+,29+,30+,31+,32-,33-,34-,35-,36-,37-,38-,39-,40+/m0/s1. The van der Waals surface area contributed by atoms with E-state index >= 15 is 0 Å². The van der Waals surface area contributed by atoms with Gasteiger partial charge in [-0.3, -0.25) is 15.0 Å². The minimum absolute atomic E-state index is 0.0265. The number of hydrogen-bond acceptors (Lipinski definition) is 24. The molecule has 0 unspecified atom stereocenters. The molecule has 25 nitrogen and oxygen atoms in total. The van der Waals surface area contributed by atoms with E-state index in [-0.39, 0.29) is 37.8 Å². The number of unbranched alkanes of at least 4 members (excludes halogenated alkanes) is 3. The molecule has 4 fully saturated rings. The van der Waals surface area contributed by atoms with E-state index in [2.05, 4.69) is 10.9 Å². The first kappa shape index (κ1) is 55.9. The second-order valence-corrected chi connectivity index (χ2v) is 17.0. The number of aliphatic hydroxyl groups is 13. The van der Waals surface area contributed by atoms with Gasteiger partial charge in [0.1, 0.15) is 97.3 Å². The molecular formula is C40H73N3O22. The molecule has 4 rings (SSSR count). The lowest BCUT2D eigenvalue weighted by Gasteiger charge is -2.46. The van der Waals surface area contributed by atoms with Crippen LogP contribution in [0.3, 0.4) is 0 Å². The van der Waals surface area contributed by atoms with Crippen molar-refractivity contribution >= 4 is 11.7 Å². The van der Waals surface area contributed by atoms with Crippen LogP contribution in [-0.2, 0) is 42.7 Å². The predicted molar refractivity (Wildman–Crippen MR) is 218 cm³/mol. The van der Waals surface area contributed by atoms with Crippen LogP contribution < -0.4 is 10.9 Å². The van der Waals surface area contributed by atoms with E-state index < -0.39 is 142 Å². The average Bonchev–Trinajstić information content (AvgIpc) is 3.29. The first-order valence-corrected chi connectivity index (χ1v) is 22.4. The molecule has 0 bridgehead atoms. The molecule has 4 aliphatic heterocycles. The van der Waals surface area contributed by atoms with Crippen LogP contribution in [0.5, 0.6) is 0 Å². The van der Waals surface area contributed by atoms with E-state index in [4.69, 9.17) is 33.2 Å². The van der Waals surface area contributed by atoms with Crippen LogP contribution in [0.4, 0.5) is 0 Å². The maximum atomic E-state index is 12.2. The van der Waals surface area contributed by atoms with Gasteiger partial charge in [-0.05, 0) is 52.1 Å². The lowest BCUT2D eigenvalue weighted by molar-refractivity contribution is -0.366. The third-order valence-corrected chi connectivity index (χ3v) is 12.2. The Morgan fingerprint density at radius 2 is 1.12 bits per heavy atom. The van der Waals surface area contributed by atoms with Crippen molar-refractivity contribution in [2.24, 2.45) is 0 Å². The van der Waals surface area contributed by atoms with Crippen molar-refractivity contribution < 1.29 is 109 Å². The van der Waals surface area contributed by atoms with Crippen LogP contribution in [0.2, 0.25) is 0 Å². The molecule has 0 aromatic carbocycles. The lowest BCUT2D eigenvalue weighted by atomic mass is 9.93. The summed E-state index contributed by atoms with van der Waals surface area (Å²) in [7, 11) is 0. The number of hydrazine groups is 1. The summed E-state index contributed by atoms with van der Waals surface area (Å²) in [6.45, 7) is 2.38. The summed E-state index contributed by atoms with van der Waals surface area (Å²) >= 11 is 0. The number of nitrogens with one attached hydrogen (secondary N) is 2. The van der Waals surface area contributed by atoms with Gasteiger partial charge in [-0.15, -0.1) is 0 Å². The van der Waals surface area contributed by atoms with Crippen molar-refractivity contribution in [1.29, 1.82) is 0 Å². The van der Waals surface area contributed by atoms with Crippen molar-refractivity contribution in [3.63, 3.8) is 0 Å². The van der Waals surface area contributed by atoms with Gasteiger partial charge in [0.05, 0.1) is 45.2 Å². The Morgan fingerprint density at radius 1 is 0.569 bits per heavy atom. The van der Waals surface area contributed by atoms with Crippen molar-refractivity contribution in [3.8, 4) is 0 Å². The Labute approximate surface area is 376 Å². The number of carbonyl (C=O) groups excluding carboxylic acids is 2. The van der Waals surface area contributed by atoms with Gasteiger partial charge < -0.3 is 104 Å². The molecular weight excluding hydrogens is 874 g/mol. The van der Waals surface area contributed by atoms with Gasteiger partial charge in [0.25, 0.3) is 0 Å². The topological polar surface area (TPSA) is 389 Å². The van der Waals surface area contributed by atoms with E-state index in [1.54, 1.807) is 13.8 Å². The third-order valence-electron chi connectivity index (χ3n) is 12.2. The highest BCUT2D eigenvalue weighted by Gasteiger charge is 2.52. The Morgan fingerprint density at radius 3 is 1.75 bits per heavy atom. The van der Waals surface area contributed by atoms with Gasteiger partial charge in [0, 0.05) is 19.4 Å². The fraction of sp³-hybridized carbons (Fsp3) is 0.950. The molecule has 0 radical (unpaired) electrons. The Bertz CT molecular complexity index is 1390. The monoisotopic (exact) mass is 947 g/mol. The zero-order valence-electron chi connectivity index (χ0n) is 36.8. The fourth-order valence-electron chi connectivity index (χ4n) is 7.98. The van der Waals surface area contributed by atoms with Gasteiger partial charge >= 0.3 is 0 Å². The molecule has 4 aliphatic rings. The Balaban J connectivity index is 1.41. The predicted octanol–water partition coefficient (Wildman–Crippen LogP) is -7.05. The highest BCUT2D eigenvalue weighted by atomic mass is 16.7. The molecule has 1 amide bonds. The molecule has 380 valence electrons. The van der Waals surface area contributed by atoms with Crippen molar-refractivity contribution in [2.45, 2.75) is 188 Å². The minimum Gasteiger partial charge on any atom is -0.394 e. The average molecular weight is 948 g/mol. The molecule has 0 aromatic rings. The second-order valence-electron chi connectivity index (χ2n) is 17.0. The van der Waals surface area contributed by atoms with E-state index in [1.165, 1.54) is 0 Å². The van der Waals surface area contributed by atoms with Gasteiger partial charge in [0.2, 0.25) is 5.91 Å². The van der Waals surface area contributed by atoms with E-state index in [0.29, 0.717) is 58.0 Å². The molecule has 0 saturated carbocycles. The smallest absolute Gasteiger partial charge is 0.234 e. The van der Waals surface area contributed by atoms with Gasteiger partial charge in [-0.1, -0.05) is 13.3 Å². The number of rotatable bonds is 26. The zero-order chi connectivity index (χ0) is 48.0. The van der Waals surface area contributed by atoms with Crippen LogP contribution in [0.25, 0.3) is 0 Å². The fourth-order valence-corrected chi connectivity index (χ4v) is 7.98. The van der Waals surface area contributed by atoms with E-state index in [0.717, 1.165) is 0 Å². The summed E-state index contributed by atoms with van der Waals surface area (Å²) in [5, 5.41) is 135. The number of aliphatic hydroxyl groups excluding tert-OH is 13. The molecule has 0 aromatic heterocycles. The molecule has 4 heterocycles. The highest BCUT2D eigenvalue weighted by Crippen LogP contribution is 2.31. The van der Waals surface area contributed by atoms with Gasteiger partial charge in [-0.2, -0.15) is 0 Å². The number of nitrogens with zero attached hydrogens (tertiary/aromatic N) is 1. The number of ketones is 1. The maximum Gasteiger partial charge on any atom is 0.234 e. The van der Waals surface area contributed by atoms with Crippen molar-refractivity contribution in [3.05, 3.63) is 0 Å². The molecule has 65 heavy (non-hydrogen) atoms. The number of carbonyl (C=O) groups is 2. The van der Waals surface area contributed by atoms with Crippen molar-refractivity contribution in [2.75, 3.05) is 52.6 Å². The number of hydrogen-bond donors (Lipinski definition) is 15. The lowest BCUT2D eigenvalue weighted by Crippen LogP contribution is -2.65. The first-order valence-electron chi connectivity index (χ1n) is 22.4. The quantitative estimate of drug-likeness (QED) is 0.0283. The zero-order valence-corrected chi connectivity index (χ0v) is 36.8. The molecule has 0 aliphatic carbocycles. The maximum absolute atomic E-state index is 12.2. The highest BCUT2D eigenvalue weighted by molar-refractivity contribution is 5.81. The summed E-state index contributed by atoms with van der Waals surface area (Å²) in [6.07, 6.45) is -26.5. The summed E-state index contributed by atoms with van der Waals surface area (Å²) in [4.78, 5) is 25.8. The molecule has 4 saturated heterocycles. The van der Waals surface area contributed by atoms with Gasteiger partial charge in [-0.25, -0.2) is 5.43 Å². The summed E-state index contributed by atoms with van der Waals surface area (Å²) in [5.74, 6) is -0.313. The van der Waals surface area contributed by atoms with E-state index in [9.17, 15) is 76.0 Å². The largest absolute Gasteiger partial charge is 0.394 e. The normalized spacial score (nSPS) is 40.2. The molecule has 20 atom stereocenters. The minimum atomic E-state index is -1.91. The first-order chi connectivity index (χ1) is 30.9. The Hall–Kier alpha value is -1.74. The van der Waals surface area contributed by atoms with E-state index in [1.807, 2.05) is 4.90 Å². The third kappa shape index (κ3) is 15.6.